The Morgan fingerprint density at radius 2 is 2.33 bits per heavy atom. The van der Waals surface area contributed by atoms with Gasteiger partial charge in [-0.25, -0.2) is 9.67 Å². The van der Waals surface area contributed by atoms with Crippen LogP contribution in [-0.2, 0) is 6.54 Å². The average Bonchev–Trinajstić information content (AvgIpc) is 2.49. The highest BCUT2D eigenvalue weighted by Gasteiger charge is 2.14. The largest absolute Gasteiger partial charge is 0.342 e. The van der Waals surface area contributed by atoms with Crippen LogP contribution in [0.15, 0.2) is 6.33 Å². The first-order valence-electron chi connectivity index (χ1n) is 3.76. The number of aryl methyl sites for hydroxylation is 1. The average molecular weight is 168 g/mol. The smallest absolute Gasteiger partial charge is 0.290 e. The summed E-state index contributed by atoms with van der Waals surface area (Å²) in [6, 6.07) is 0. The topological polar surface area (TPSA) is 51.0 Å². The predicted molar refractivity (Wildman–Crippen MR) is 43.7 cm³/mol. The second kappa shape index (κ2) is 3.34. The van der Waals surface area contributed by atoms with Crippen LogP contribution in [0.3, 0.4) is 0 Å². The van der Waals surface area contributed by atoms with Gasteiger partial charge >= 0.3 is 0 Å². The Hall–Kier alpha value is -1.39. The third-order valence-corrected chi connectivity index (χ3v) is 1.51. The third-order valence-electron chi connectivity index (χ3n) is 1.51. The van der Waals surface area contributed by atoms with Gasteiger partial charge in [-0.2, -0.15) is 5.10 Å². The fraction of sp³-hybridized carbons (Fsp3) is 0.571. The molecule has 1 aromatic heterocycles. The Morgan fingerprint density at radius 3 is 2.83 bits per heavy atom. The number of amides is 1. The summed E-state index contributed by atoms with van der Waals surface area (Å²) in [6.07, 6.45) is 1.39. The normalized spacial score (nSPS) is 9.92. The maximum Gasteiger partial charge on any atom is 0.290 e. The zero-order valence-corrected chi connectivity index (χ0v) is 7.48. The van der Waals surface area contributed by atoms with Crippen molar-refractivity contribution in [3.63, 3.8) is 0 Å². The van der Waals surface area contributed by atoms with Gasteiger partial charge in [-0.15, -0.1) is 0 Å². The highest BCUT2D eigenvalue weighted by Crippen LogP contribution is 1.96. The van der Waals surface area contributed by atoms with Crippen molar-refractivity contribution in [1.29, 1.82) is 0 Å². The number of carbonyl (C=O) groups is 1. The van der Waals surface area contributed by atoms with Crippen LogP contribution in [0.1, 0.15) is 17.5 Å². The van der Waals surface area contributed by atoms with E-state index in [9.17, 15) is 4.79 Å². The van der Waals surface area contributed by atoms with Crippen LogP contribution < -0.4 is 0 Å². The van der Waals surface area contributed by atoms with Gasteiger partial charge in [-0.05, 0) is 6.92 Å². The van der Waals surface area contributed by atoms with Crippen LogP contribution in [0, 0.1) is 0 Å². The minimum Gasteiger partial charge on any atom is -0.342 e. The van der Waals surface area contributed by atoms with E-state index < -0.39 is 0 Å². The van der Waals surface area contributed by atoms with Crippen molar-refractivity contribution in [2.75, 3.05) is 14.1 Å². The summed E-state index contributed by atoms with van der Waals surface area (Å²) in [7, 11) is 3.38. The molecule has 0 saturated carbocycles. The second-order valence-electron chi connectivity index (χ2n) is 2.60. The Balaban J connectivity index is 2.94. The minimum absolute atomic E-state index is 0.116. The van der Waals surface area contributed by atoms with E-state index in [1.54, 1.807) is 18.8 Å². The lowest BCUT2D eigenvalue weighted by molar-refractivity contribution is 0.0809. The lowest BCUT2D eigenvalue weighted by atomic mass is 10.5. The standard InChI is InChI=1S/C7H12N4O/c1-4-11-6(8-5-9-11)7(12)10(2)3/h5H,4H2,1-3H3. The van der Waals surface area contributed by atoms with Crippen LogP contribution in [0.4, 0.5) is 0 Å². The van der Waals surface area contributed by atoms with Crippen molar-refractivity contribution in [2.45, 2.75) is 13.5 Å². The summed E-state index contributed by atoms with van der Waals surface area (Å²) >= 11 is 0. The van der Waals surface area contributed by atoms with Crippen LogP contribution in [0.25, 0.3) is 0 Å². The fourth-order valence-corrected chi connectivity index (χ4v) is 0.861. The molecule has 0 radical (unpaired) electrons. The number of aromatic nitrogens is 3. The van der Waals surface area contributed by atoms with Crippen LogP contribution in [0.2, 0.25) is 0 Å². The monoisotopic (exact) mass is 168 g/mol. The summed E-state index contributed by atoms with van der Waals surface area (Å²) < 4.78 is 1.57. The highest BCUT2D eigenvalue weighted by atomic mass is 16.2. The molecule has 1 amide bonds. The molecule has 1 rings (SSSR count). The van der Waals surface area contributed by atoms with E-state index in [0.29, 0.717) is 12.4 Å². The molecule has 0 fully saturated rings. The fourth-order valence-electron chi connectivity index (χ4n) is 0.861. The Labute approximate surface area is 71.0 Å². The summed E-state index contributed by atoms with van der Waals surface area (Å²) in [6.45, 7) is 2.58. The number of hydrogen-bond donors (Lipinski definition) is 0. The molecule has 0 aromatic carbocycles. The van der Waals surface area contributed by atoms with Crippen molar-refractivity contribution in [3.05, 3.63) is 12.2 Å². The van der Waals surface area contributed by atoms with Gasteiger partial charge in [0.15, 0.2) is 0 Å². The van der Waals surface area contributed by atoms with Gasteiger partial charge in [0.25, 0.3) is 5.91 Å². The third kappa shape index (κ3) is 1.44. The molecule has 0 atom stereocenters. The van der Waals surface area contributed by atoms with Crippen LogP contribution in [0.5, 0.6) is 0 Å². The van der Waals surface area contributed by atoms with E-state index >= 15 is 0 Å². The first-order valence-corrected chi connectivity index (χ1v) is 3.76. The zero-order chi connectivity index (χ0) is 9.14. The first-order chi connectivity index (χ1) is 5.66. The van der Waals surface area contributed by atoms with Crippen molar-refractivity contribution in [3.8, 4) is 0 Å². The molecule has 5 nitrogen and oxygen atoms in total. The minimum atomic E-state index is -0.116. The molecule has 0 unspecified atom stereocenters. The van der Waals surface area contributed by atoms with E-state index in [1.165, 1.54) is 11.2 Å². The Morgan fingerprint density at radius 1 is 1.67 bits per heavy atom. The summed E-state index contributed by atoms with van der Waals surface area (Å²) in [5.74, 6) is 0.275. The Bertz CT molecular complexity index is 279. The van der Waals surface area contributed by atoms with Gasteiger partial charge in [0.2, 0.25) is 5.82 Å². The van der Waals surface area contributed by atoms with Gasteiger partial charge in [-0.1, -0.05) is 0 Å². The molecular weight excluding hydrogens is 156 g/mol. The predicted octanol–water partition coefficient (Wildman–Crippen LogP) is -0.000200. The molecular formula is C7H12N4O. The van der Waals surface area contributed by atoms with E-state index in [2.05, 4.69) is 10.1 Å². The van der Waals surface area contributed by atoms with Gasteiger partial charge in [0.05, 0.1) is 0 Å². The van der Waals surface area contributed by atoms with Crippen LogP contribution >= 0.6 is 0 Å². The van der Waals surface area contributed by atoms with E-state index in [4.69, 9.17) is 0 Å². The molecule has 0 aliphatic rings. The molecule has 5 heteroatoms. The molecule has 1 heterocycles. The summed E-state index contributed by atoms with van der Waals surface area (Å²) in [5.41, 5.74) is 0. The molecule has 0 bridgehead atoms. The van der Waals surface area contributed by atoms with E-state index in [1.807, 2.05) is 6.92 Å². The Kier molecular flexibility index (Phi) is 2.42. The second-order valence-corrected chi connectivity index (χ2v) is 2.60. The first kappa shape index (κ1) is 8.70. The lowest BCUT2D eigenvalue weighted by Gasteiger charge is -2.09. The summed E-state index contributed by atoms with van der Waals surface area (Å²) in [5, 5.41) is 3.90. The van der Waals surface area contributed by atoms with Gasteiger partial charge < -0.3 is 4.90 Å². The zero-order valence-electron chi connectivity index (χ0n) is 7.48. The number of carbonyl (C=O) groups excluding carboxylic acids is 1. The number of rotatable bonds is 2. The molecule has 0 N–H and O–H groups in total. The van der Waals surface area contributed by atoms with Crippen molar-refractivity contribution in [1.82, 2.24) is 19.7 Å². The van der Waals surface area contributed by atoms with Crippen molar-refractivity contribution in [2.24, 2.45) is 0 Å². The van der Waals surface area contributed by atoms with Gasteiger partial charge in [0.1, 0.15) is 6.33 Å². The van der Waals surface area contributed by atoms with E-state index in [-0.39, 0.29) is 5.91 Å². The SMILES string of the molecule is CCn1ncnc1C(=O)N(C)C. The maximum atomic E-state index is 11.4. The van der Waals surface area contributed by atoms with Gasteiger partial charge in [0, 0.05) is 20.6 Å². The molecule has 1 aromatic rings. The van der Waals surface area contributed by atoms with Crippen LogP contribution in [-0.4, -0.2) is 39.7 Å². The van der Waals surface area contributed by atoms with Crippen molar-refractivity contribution < 1.29 is 4.79 Å². The molecule has 0 spiro atoms. The quantitative estimate of drug-likeness (QED) is 0.624. The molecule has 12 heavy (non-hydrogen) atoms. The highest BCUT2D eigenvalue weighted by molar-refractivity contribution is 5.90. The molecule has 66 valence electrons. The molecule has 0 aliphatic heterocycles. The van der Waals surface area contributed by atoms with Crippen molar-refractivity contribution >= 4 is 5.91 Å². The summed E-state index contributed by atoms with van der Waals surface area (Å²) in [4.78, 5) is 16.7. The number of hydrogen-bond acceptors (Lipinski definition) is 3. The lowest BCUT2D eigenvalue weighted by Crippen LogP contribution is -2.25. The number of nitrogens with zero attached hydrogens (tertiary/aromatic N) is 4. The molecule has 0 aliphatic carbocycles. The van der Waals surface area contributed by atoms with Gasteiger partial charge in [-0.3, -0.25) is 4.79 Å². The molecule has 0 saturated heterocycles. The maximum absolute atomic E-state index is 11.4. The van der Waals surface area contributed by atoms with E-state index in [0.717, 1.165) is 0 Å².